The summed E-state index contributed by atoms with van der Waals surface area (Å²) in [7, 11) is 0. The van der Waals surface area contributed by atoms with Gasteiger partial charge in [0.15, 0.2) is 0 Å². The largest absolute Gasteiger partial charge is 0.449 e. The molecule has 0 bridgehead atoms. The number of aromatic nitrogens is 2. The monoisotopic (exact) mass is 424 g/mol. The van der Waals surface area contributed by atoms with E-state index >= 15 is 0 Å². The summed E-state index contributed by atoms with van der Waals surface area (Å²) in [6.45, 7) is -0.550. The predicted octanol–water partition coefficient (Wildman–Crippen LogP) is 3.97. The highest BCUT2D eigenvalue weighted by atomic mass is 79.9. The quantitative estimate of drug-likeness (QED) is 0.508. The van der Waals surface area contributed by atoms with Gasteiger partial charge in [-0.25, -0.2) is 10.4 Å². The Morgan fingerprint density at radius 3 is 2.73 bits per heavy atom. The first-order valence-corrected chi connectivity index (χ1v) is 8.24. The topological polar surface area (TPSA) is 59.3 Å². The van der Waals surface area contributed by atoms with Crippen molar-refractivity contribution >= 4 is 39.1 Å². The van der Waals surface area contributed by atoms with E-state index in [4.69, 9.17) is 0 Å². The zero-order valence-electron chi connectivity index (χ0n) is 13.2. The summed E-state index contributed by atoms with van der Waals surface area (Å²) in [5, 5.41) is 3.77. The molecule has 26 heavy (non-hydrogen) atoms. The number of amides is 1. The van der Waals surface area contributed by atoms with E-state index in [-0.39, 0.29) is 11.0 Å². The molecule has 0 saturated heterocycles. The molecular formula is C17H12BrF3N4O. The molecule has 3 rings (SSSR count). The third-order valence-corrected chi connectivity index (χ3v) is 3.95. The van der Waals surface area contributed by atoms with Crippen molar-refractivity contribution in [3.05, 3.63) is 64.4 Å². The van der Waals surface area contributed by atoms with E-state index in [0.29, 0.717) is 0 Å². The first-order chi connectivity index (χ1) is 12.3. The lowest BCUT2D eigenvalue weighted by Crippen LogP contribution is -2.26. The number of hydrazone groups is 1. The Morgan fingerprint density at radius 2 is 2.00 bits per heavy atom. The minimum absolute atomic E-state index is 0.172. The predicted molar refractivity (Wildman–Crippen MR) is 94.6 cm³/mol. The van der Waals surface area contributed by atoms with Crippen molar-refractivity contribution in [2.24, 2.45) is 5.10 Å². The van der Waals surface area contributed by atoms with Gasteiger partial charge in [0.2, 0.25) is 5.82 Å². The molecule has 1 heterocycles. The number of rotatable bonds is 4. The second-order valence-corrected chi connectivity index (χ2v) is 6.27. The van der Waals surface area contributed by atoms with Gasteiger partial charge < -0.3 is 4.57 Å². The van der Waals surface area contributed by atoms with Gasteiger partial charge in [-0.15, -0.1) is 0 Å². The molecule has 5 nitrogen and oxygen atoms in total. The standard InChI is InChI=1S/C17H12BrF3N4O/c18-12-5-3-4-11(8-12)9-22-24-15(26)10-25-14-7-2-1-6-13(14)23-16(25)17(19,20)21/h1-9H,10H2,(H,24,26)/b22-9+. The Bertz CT molecular complexity index is 982. The average molecular weight is 425 g/mol. The minimum atomic E-state index is -4.67. The number of carbonyl (C=O) groups excluding carboxylic acids is 1. The number of hydrogen-bond acceptors (Lipinski definition) is 3. The summed E-state index contributed by atoms with van der Waals surface area (Å²) >= 11 is 3.31. The lowest BCUT2D eigenvalue weighted by molar-refractivity contribution is -0.147. The Morgan fingerprint density at radius 1 is 1.23 bits per heavy atom. The van der Waals surface area contributed by atoms with E-state index in [1.165, 1.54) is 18.3 Å². The van der Waals surface area contributed by atoms with Gasteiger partial charge in [0.1, 0.15) is 6.54 Å². The van der Waals surface area contributed by atoms with Gasteiger partial charge in [0.05, 0.1) is 17.2 Å². The maximum absolute atomic E-state index is 13.2. The number of hydrogen-bond donors (Lipinski definition) is 1. The number of halogens is 4. The lowest BCUT2D eigenvalue weighted by Gasteiger charge is -2.10. The van der Waals surface area contributed by atoms with Crippen LogP contribution in [-0.4, -0.2) is 21.7 Å². The molecule has 0 atom stereocenters. The van der Waals surface area contributed by atoms with Gasteiger partial charge in [0, 0.05) is 4.47 Å². The molecule has 9 heteroatoms. The van der Waals surface area contributed by atoms with Crippen LogP contribution in [0.4, 0.5) is 13.2 Å². The fourth-order valence-electron chi connectivity index (χ4n) is 2.40. The zero-order chi connectivity index (χ0) is 18.7. The highest BCUT2D eigenvalue weighted by Gasteiger charge is 2.37. The smallest absolute Gasteiger partial charge is 0.311 e. The van der Waals surface area contributed by atoms with E-state index in [1.54, 1.807) is 30.3 Å². The highest BCUT2D eigenvalue weighted by molar-refractivity contribution is 9.10. The van der Waals surface area contributed by atoms with Crippen LogP contribution in [0.3, 0.4) is 0 Å². The molecule has 0 unspecified atom stereocenters. The summed E-state index contributed by atoms with van der Waals surface area (Å²) in [4.78, 5) is 15.6. The fraction of sp³-hybridized carbons (Fsp3) is 0.118. The van der Waals surface area contributed by atoms with Crippen LogP contribution in [0.5, 0.6) is 0 Å². The average Bonchev–Trinajstić information content (AvgIpc) is 2.94. The number of imidazole rings is 1. The minimum Gasteiger partial charge on any atom is -0.311 e. The van der Waals surface area contributed by atoms with Crippen LogP contribution in [0.25, 0.3) is 11.0 Å². The van der Waals surface area contributed by atoms with Crippen LogP contribution >= 0.6 is 15.9 Å². The van der Waals surface area contributed by atoms with Crippen LogP contribution in [0.2, 0.25) is 0 Å². The van der Waals surface area contributed by atoms with Gasteiger partial charge in [-0.3, -0.25) is 4.79 Å². The van der Waals surface area contributed by atoms with Crippen molar-refractivity contribution in [2.45, 2.75) is 12.7 Å². The number of carbonyl (C=O) groups is 1. The van der Waals surface area contributed by atoms with Gasteiger partial charge >= 0.3 is 6.18 Å². The molecule has 0 spiro atoms. The third-order valence-electron chi connectivity index (χ3n) is 3.46. The molecule has 0 saturated carbocycles. The van der Waals surface area contributed by atoms with Crippen molar-refractivity contribution in [1.82, 2.24) is 15.0 Å². The maximum Gasteiger partial charge on any atom is 0.449 e. The second kappa shape index (κ2) is 7.28. The summed E-state index contributed by atoms with van der Waals surface area (Å²) in [6, 6.07) is 13.3. The van der Waals surface area contributed by atoms with E-state index in [9.17, 15) is 18.0 Å². The molecule has 0 aliphatic carbocycles. The molecular weight excluding hydrogens is 413 g/mol. The summed E-state index contributed by atoms with van der Waals surface area (Å²) in [5.74, 6) is -1.81. The number of fused-ring (bicyclic) bond motifs is 1. The normalized spacial score (nSPS) is 12.0. The number of alkyl halides is 3. The summed E-state index contributed by atoms with van der Waals surface area (Å²) in [5.41, 5.74) is 3.36. The van der Waals surface area contributed by atoms with Crippen molar-refractivity contribution in [3.63, 3.8) is 0 Å². The molecule has 1 N–H and O–H groups in total. The molecule has 134 valence electrons. The Kier molecular flexibility index (Phi) is 5.08. The number of para-hydroxylation sites is 2. The number of nitrogens with zero attached hydrogens (tertiary/aromatic N) is 3. The van der Waals surface area contributed by atoms with Crippen molar-refractivity contribution < 1.29 is 18.0 Å². The molecule has 1 amide bonds. The molecule has 2 aromatic carbocycles. The first-order valence-electron chi connectivity index (χ1n) is 7.44. The first kappa shape index (κ1) is 18.1. The van der Waals surface area contributed by atoms with Crippen LogP contribution < -0.4 is 5.43 Å². The summed E-state index contributed by atoms with van der Waals surface area (Å²) < 4.78 is 41.3. The fourth-order valence-corrected chi connectivity index (χ4v) is 2.81. The van der Waals surface area contributed by atoms with Crippen molar-refractivity contribution in [3.8, 4) is 0 Å². The zero-order valence-corrected chi connectivity index (χ0v) is 14.8. The van der Waals surface area contributed by atoms with Crippen molar-refractivity contribution in [2.75, 3.05) is 0 Å². The molecule has 0 fully saturated rings. The van der Waals surface area contributed by atoms with E-state index in [2.05, 4.69) is 31.4 Å². The Labute approximate surface area is 154 Å². The Balaban J connectivity index is 1.79. The van der Waals surface area contributed by atoms with Crippen molar-refractivity contribution in [1.29, 1.82) is 0 Å². The van der Waals surface area contributed by atoms with E-state index < -0.39 is 24.5 Å². The third kappa shape index (κ3) is 4.10. The Hall–Kier alpha value is -2.68. The van der Waals surface area contributed by atoms with Gasteiger partial charge in [0.25, 0.3) is 5.91 Å². The van der Waals surface area contributed by atoms with E-state index in [0.717, 1.165) is 14.6 Å². The molecule has 1 aromatic heterocycles. The molecule has 3 aromatic rings. The van der Waals surface area contributed by atoms with Crippen LogP contribution in [-0.2, 0) is 17.5 Å². The lowest BCUT2D eigenvalue weighted by atomic mass is 10.2. The number of benzene rings is 2. The second-order valence-electron chi connectivity index (χ2n) is 5.36. The number of nitrogens with one attached hydrogen (secondary N) is 1. The van der Waals surface area contributed by atoms with Crippen LogP contribution in [0.1, 0.15) is 11.4 Å². The highest BCUT2D eigenvalue weighted by Crippen LogP contribution is 2.31. The van der Waals surface area contributed by atoms with Gasteiger partial charge in [-0.2, -0.15) is 18.3 Å². The SMILES string of the molecule is O=C(Cn1c(C(F)(F)F)nc2ccccc21)N/N=C/c1cccc(Br)c1. The van der Waals surface area contributed by atoms with Gasteiger partial charge in [-0.05, 0) is 29.8 Å². The molecule has 0 aliphatic heterocycles. The van der Waals surface area contributed by atoms with Gasteiger partial charge in [-0.1, -0.05) is 40.2 Å². The molecule has 0 radical (unpaired) electrons. The maximum atomic E-state index is 13.2. The summed E-state index contributed by atoms with van der Waals surface area (Å²) in [6.07, 6.45) is -3.27. The van der Waals surface area contributed by atoms with E-state index in [1.807, 2.05) is 6.07 Å². The van der Waals surface area contributed by atoms with Crippen LogP contribution in [0, 0.1) is 0 Å². The molecule has 0 aliphatic rings. The van der Waals surface area contributed by atoms with Crippen LogP contribution in [0.15, 0.2) is 58.1 Å².